The average Bonchev–Trinajstić information content (AvgIpc) is 2.28. The number of methoxy groups -OCH3 is 1. The summed E-state index contributed by atoms with van der Waals surface area (Å²) in [6.45, 7) is 5.38. The summed E-state index contributed by atoms with van der Waals surface area (Å²) in [4.78, 5) is 11.1. The van der Waals surface area contributed by atoms with Crippen molar-refractivity contribution in [3.05, 3.63) is 11.6 Å². The Morgan fingerprint density at radius 2 is 2.38 bits per heavy atom. The van der Waals surface area contributed by atoms with E-state index < -0.39 is 0 Å². The zero-order valence-corrected chi connectivity index (χ0v) is 10.3. The molecule has 0 aromatic carbocycles. The predicted molar refractivity (Wildman–Crippen MR) is 62.2 cm³/mol. The molecule has 1 rings (SSSR count). The summed E-state index contributed by atoms with van der Waals surface area (Å²) in [6.07, 6.45) is 4.27. The number of ether oxygens (including phenoxy) is 2. The molecule has 0 bridgehead atoms. The predicted octanol–water partition coefficient (Wildman–Crippen LogP) is 1.26. The maximum absolute atomic E-state index is 11.1. The second kappa shape index (κ2) is 6.66. The molecular weight excluding hydrogens is 206 g/mol. The SMILES string of the molecule is COC(=O)C(C)=CCNC1CCOC(C)C1. The maximum Gasteiger partial charge on any atom is 0.333 e. The highest BCUT2D eigenvalue weighted by Gasteiger charge is 2.18. The zero-order chi connectivity index (χ0) is 12.0. The first-order valence-electron chi connectivity index (χ1n) is 5.73. The van der Waals surface area contributed by atoms with Crippen molar-refractivity contribution in [2.45, 2.75) is 38.8 Å². The third-order valence-corrected chi connectivity index (χ3v) is 2.81. The van der Waals surface area contributed by atoms with E-state index in [0.29, 0.717) is 24.3 Å². The second-order valence-corrected chi connectivity index (χ2v) is 4.19. The molecule has 1 fully saturated rings. The van der Waals surface area contributed by atoms with E-state index in [1.807, 2.05) is 6.08 Å². The van der Waals surface area contributed by atoms with Crippen LogP contribution in [0.15, 0.2) is 11.6 Å². The molecule has 2 atom stereocenters. The molecule has 92 valence electrons. The van der Waals surface area contributed by atoms with E-state index in [9.17, 15) is 4.79 Å². The Hall–Kier alpha value is -0.870. The summed E-state index contributed by atoms with van der Waals surface area (Å²) in [7, 11) is 1.40. The summed E-state index contributed by atoms with van der Waals surface area (Å²) >= 11 is 0. The molecule has 1 aliphatic heterocycles. The molecule has 0 amide bonds. The van der Waals surface area contributed by atoms with Crippen LogP contribution in [0.5, 0.6) is 0 Å². The van der Waals surface area contributed by atoms with Crippen molar-refractivity contribution in [2.24, 2.45) is 0 Å². The summed E-state index contributed by atoms with van der Waals surface area (Å²) in [5.74, 6) is -0.262. The number of carbonyl (C=O) groups is 1. The smallest absolute Gasteiger partial charge is 0.333 e. The van der Waals surface area contributed by atoms with E-state index in [-0.39, 0.29) is 5.97 Å². The number of carbonyl (C=O) groups excluding carboxylic acids is 1. The Kier molecular flexibility index (Phi) is 5.49. The summed E-state index contributed by atoms with van der Waals surface area (Å²) in [5, 5.41) is 3.40. The Morgan fingerprint density at radius 1 is 1.62 bits per heavy atom. The van der Waals surface area contributed by atoms with Gasteiger partial charge in [-0.3, -0.25) is 0 Å². The van der Waals surface area contributed by atoms with Crippen LogP contribution in [0.25, 0.3) is 0 Å². The van der Waals surface area contributed by atoms with Crippen molar-refractivity contribution in [3.63, 3.8) is 0 Å². The molecule has 0 aromatic heterocycles. The number of hydrogen-bond donors (Lipinski definition) is 1. The molecule has 0 saturated carbocycles. The molecule has 0 aliphatic carbocycles. The third-order valence-electron chi connectivity index (χ3n) is 2.81. The van der Waals surface area contributed by atoms with Crippen LogP contribution in [0.4, 0.5) is 0 Å². The van der Waals surface area contributed by atoms with Gasteiger partial charge in [0, 0.05) is 24.8 Å². The fraction of sp³-hybridized carbons (Fsp3) is 0.750. The fourth-order valence-corrected chi connectivity index (χ4v) is 1.81. The summed E-state index contributed by atoms with van der Waals surface area (Å²) in [5.41, 5.74) is 0.648. The van der Waals surface area contributed by atoms with Gasteiger partial charge < -0.3 is 14.8 Å². The van der Waals surface area contributed by atoms with E-state index in [4.69, 9.17) is 4.74 Å². The first-order chi connectivity index (χ1) is 7.63. The first-order valence-corrected chi connectivity index (χ1v) is 5.73. The van der Waals surface area contributed by atoms with E-state index in [0.717, 1.165) is 19.4 Å². The molecule has 1 saturated heterocycles. The molecular formula is C12H21NO3. The van der Waals surface area contributed by atoms with Crippen LogP contribution < -0.4 is 5.32 Å². The Balaban J connectivity index is 2.26. The summed E-state index contributed by atoms with van der Waals surface area (Å²) in [6, 6.07) is 0.491. The highest BCUT2D eigenvalue weighted by Crippen LogP contribution is 2.12. The zero-order valence-electron chi connectivity index (χ0n) is 10.3. The molecule has 0 spiro atoms. The van der Waals surface area contributed by atoms with E-state index in [1.165, 1.54) is 7.11 Å². The van der Waals surface area contributed by atoms with Crippen LogP contribution >= 0.6 is 0 Å². The van der Waals surface area contributed by atoms with Gasteiger partial charge in [-0.1, -0.05) is 6.08 Å². The van der Waals surface area contributed by atoms with E-state index in [1.54, 1.807) is 6.92 Å². The van der Waals surface area contributed by atoms with Crippen LogP contribution in [-0.2, 0) is 14.3 Å². The van der Waals surface area contributed by atoms with Crippen LogP contribution in [0.3, 0.4) is 0 Å². The largest absolute Gasteiger partial charge is 0.466 e. The maximum atomic E-state index is 11.1. The van der Waals surface area contributed by atoms with Gasteiger partial charge in [0.25, 0.3) is 0 Å². The van der Waals surface area contributed by atoms with Gasteiger partial charge in [0.1, 0.15) is 0 Å². The molecule has 2 unspecified atom stereocenters. The lowest BCUT2D eigenvalue weighted by Gasteiger charge is -2.27. The second-order valence-electron chi connectivity index (χ2n) is 4.19. The summed E-state index contributed by atoms with van der Waals surface area (Å²) < 4.78 is 10.1. The Morgan fingerprint density at radius 3 is 3.00 bits per heavy atom. The van der Waals surface area contributed by atoms with E-state index >= 15 is 0 Å². The monoisotopic (exact) mass is 227 g/mol. The molecule has 4 nitrogen and oxygen atoms in total. The third kappa shape index (κ3) is 4.33. The number of esters is 1. The minimum atomic E-state index is -0.262. The minimum Gasteiger partial charge on any atom is -0.466 e. The van der Waals surface area contributed by atoms with Gasteiger partial charge in [-0.2, -0.15) is 0 Å². The number of nitrogens with one attached hydrogen (secondary N) is 1. The highest BCUT2D eigenvalue weighted by molar-refractivity contribution is 5.87. The molecule has 1 heterocycles. The van der Waals surface area contributed by atoms with Crippen LogP contribution in [0.1, 0.15) is 26.7 Å². The van der Waals surface area contributed by atoms with Crippen molar-refractivity contribution in [3.8, 4) is 0 Å². The Labute approximate surface area is 97.0 Å². The van der Waals surface area contributed by atoms with Crippen LogP contribution in [0.2, 0.25) is 0 Å². The quantitative estimate of drug-likeness (QED) is 0.580. The normalized spacial score (nSPS) is 26.6. The lowest BCUT2D eigenvalue weighted by Crippen LogP contribution is -2.38. The van der Waals surface area contributed by atoms with Crippen molar-refractivity contribution < 1.29 is 14.3 Å². The minimum absolute atomic E-state index is 0.262. The highest BCUT2D eigenvalue weighted by atomic mass is 16.5. The van der Waals surface area contributed by atoms with E-state index in [2.05, 4.69) is 17.0 Å². The molecule has 1 aliphatic rings. The number of hydrogen-bond acceptors (Lipinski definition) is 4. The van der Waals surface area contributed by atoms with Gasteiger partial charge in [0.05, 0.1) is 13.2 Å². The fourth-order valence-electron chi connectivity index (χ4n) is 1.81. The van der Waals surface area contributed by atoms with Gasteiger partial charge in [0.15, 0.2) is 0 Å². The van der Waals surface area contributed by atoms with Gasteiger partial charge in [-0.15, -0.1) is 0 Å². The Bertz CT molecular complexity index is 263. The topological polar surface area (TPSA) is 47.6 Å². The standard InChI is InChI=1S/C12H21NO3/c1-9(12(14)15-3)4-6-13-11-5-7-16-10(2)8-11/h4,10-11,13H,5-8H2,1-3H3. The van der Waals surface area contributed by atoms with Crippen molar-refractivity contribution >= 4 is 5.97 Å². The van der Waals surface area contributed by atoms with Crippen molar-refractivity contribution in [1.82, 2.24) is 5.32 Å². The molecule has 0 radical (unpaired) electrons. The molecule has 16 heavy (non-hydrogen) atoms. The average molecular weight is 227 g/mol. The van der Waals surface area contributed by atoms with Crippen molar-refractivity contribution in [1.29, 1.82) is 0 Å². The van der Waals surface area contributed by atoms with Crippen LogP contribution in [-0.4, -0.2) is 38.4 Å². The van der Waals surface area contributed by atoms with Crippen LogP contribution in [0, 0.1) is 0 Å². The van der Waals surface area contributed by atoms with Gasteiger partial charge in [-0.05, 0) is 26.7 Å². The lowest BCUT2D eigenvalue weighted by molar-refractivity contribution is -0.136. The molecule has 4 heteroatoms. The first kappa shape index (κ1) is 13.2. The van der Waals surface area contributed by atoms with Crippen molar-refractivity contribution in [2.75, 3.05) is 20.3 Å². The van der Waals surface area contributed by atoms with Gasteiger partial charge >= 0.3 is 5.97 Å². The molecule has 1 N–H and O–H groups in total. The number of rotatable bonds is 4. The lowest BCUT2D eigenvalue weighted by atomic mass is 10.0. The molecule has 0 aromatic rings. The van der Waals surface area contributed by atoms with Gasteiger partial charge in [-0.25, -0.2) is 4.79 Å². The van der Waals surface area contributed by atoms with Gasteiger partial charge in [0.2, 0.25) is 0 Å².